The van der Waals surface area contributed by atoms with E-state index in [9.17, 15) is 0 Å². The van der Waals surface area contributed by atoms with Gasteiger partial charge in [-0.3, -0.25) is 4.90 Å². The second-order valence-corrected chi connectivity index (χ2v) is 5.75. The first kappa shape index (κ1) is 14.5. The Hall–Kier alpha value is -0.910. The number of likely N-dealkylation sites (N-methyl/N-ethyl adjacent to an activating group) is 1. The molecule has 0 spiro atoms. The zero-order valence-corrected chi connectivity index (χ0v) is 12.3. The first-order valence-electron chi connectivity index (χ1n) is 7.17. The molecule has 1 saturated heterocycles. The molecule has 0 aromatic carbocycles. The molecule has 1 unspecified atom stereocenters. The summed E-state index contributed by atoms with van der Waals surface area (Å²) in [5.74, 6) is 1.56. The maximum absolute atomic E-state index is 5.24. The summed E-state index contributed by atoms with van der Waals surface area (Å²) < 4.78 is 5.24. The van der Waals surface area contributed by atoms with Crippen molar-refractivity contribution >= 4 is 0 Å². The van der Waals surface area contributed by atoms with E-state index < -0.39 is 0 Å². The van der Waals surface area contributed by atoms with Gasteiger partial charge in [0.1, 0.15) is 5.76 Å². The Bertz CT molecular complexity index is 344. The molecular weight excluding hydrogens is 240 g/mol. The molecule has 1 aromatic heterocycles. The molecule has 108 valence electrons. The van der Waals surface area contributed by atoms with Gasteiger partial charge in [-0.1, -0.05) is 13.8 Å². The highest BCUT2D eigenvalue weighted by Crippen LogP contribution is 2.13. The van der Waals surface area contributed by atoms with Crippen LogP contribution in [0, 0.1) is 5.92 Å². The minimum absolute atomic E-state index is 0.594. The normalized spacial score (nSPS) is 20.0. The van der Waals surface area contributed by atoms with Crippen molar-refractivity contribution in [3.8, 4) is 0 Å². The van der Waals surface area contributed by atoms with E-state index in [4.69, 9.17) is 4.42 Å². The van der Waals surface area contributed by atoms with E-state index in [-0.39, 0.29) is 0 Å². The smallest absolute Gasteiger partial charge is 0.180 e. The predicted octanol–water partition coefficient (Wildman–Crippen LogP) is 1.04. The van der Waals surface area contributed by atoms with E-state index in [2.05, 4.69) is 41.0 Å². The molecule has 2 rings (SSSR count). The summed E-state index contributed by atoms with van der Waals surface area (Å²) in [6.45, 7) is 11.1. The molecule has 0 aliphatic carbocycles. The highest BCUT2D eigenvalue weighted by atomic mass is 16.3. The summed E-state index contributed by atoms with van der Waals surface area (Å²) in [4.78, 5) is 8.94. The van der Waals surface area contributed by atoms with Crippen molar-refractivity contribution < 1.29 is 4.42 Å². The van der Waals surface area contributed by atoms with Crippen LogP contribution >= 0.6 is 0 Å². The summed E-state index contributed by atoms with van der Waals surface area (Å²) in [5, 5.41) is 3.49. The lowest BCUT2D eigenvalue weighted by Crippen LogP contribution is -2.53. The fraction of sp³-hybridized carbons (Fsp3) is 0.786. The molecule has 1 aliphatic heterocycles. The Morgan fingerprint density at radius 1 is 1.32 bits per heavy atom. The largest absolute Gasteiger partial charge is 0.447 e. The van der Waals surface area contributed by atoms with Crippen molar-refractivity contribution in [2.75, 3.05) is 39.8 Å². The van der Waals surface area contributed by atoms with Gasteiger partial charge in [0, 0.05) is 38.8 Å². The lowest BCUT2D eigenvalue weighted by atomic mass is 10.0. The van der Waals surface area contributed by atoms with Gasteiger partial charge in [-0.15, -0.1) is 0 Å². The fourth-order valence-corrected chi connectivity index (χ4v) is 2.61. The third-order valence-corrected chi connectivity index (χ3v) is 3.91. The molecule has 0 saturated carbocycles. The highest BCUT2D eigenvalue weighted by Gasteiger charge is 2.24. The topological polar surface area (TPSA) is 44.5 Å². The highest BCUT2D eigenvalue weighted by molar-refractivity contribution is 4.88. The summed E-state index contributed by atoms with van der Waals surface area (Å²) in [5.41, 5.74) is 0. The Morgan fingerprint density at radius 3 is 2.63 bits per heavy atom. The third-order valence-electron chi connectivity index (χ3n) is 3.91. The van der Waals surface area contributed by atoms with Crippen LogP contribution in [0.3, 0.4) is 0 Å². The minimum Gasteiger partial charge on any atom is -0.447 e. The molecule has 1 aromatic rings. The van der Waals surface area contributed by atoms with E-state index >= 15 is 0 Å². The predicted molar refractivity (Wildman–Crippen MR) is 75.9 cm³/mol. The molecule has 1 fully saturated rings. The quantitative estimate of drug-likeness (QED) is 0.833. The molecule has 19 heavy (non-hydrogen) atoms. The number of nitrogens with one attached hydrogen (secondary N) is 1. The first-order valence-corrected chi connectivity index (χ1v) is 7.17. The maximum atomic E-state index is 5.24. The lowest BCUT2D eigenvalue weighted by Gasteiger charge is -2.40. The standard InChI is InChI=1S/C14H26N4O/c1-12(2)14(18-6-4-17(3)5-7-18)10-15-8-13-9-16-11-19-13/h9,11-12,14-15H,4-8,10H2,1-3H3. The zero-order chi connectivity index (χ0) is 13.7. The number of hydrogen-bond donors (Lipinski definition) is 1. The third kappa shape index (κ3) is 4.30. The van der Waals surface area contributed by atoms with Gasteiger partial charge in [0.25, 0.3) is 0 Å². The molecule has 0 bridgehead atoms. The van der Waals surface area contributed by atoms with Gasteiger partial charge in [0.15, 0.2) is 6.39 Å². The summed E-state index contributed by atoms with van der Waals surface area (Å²) >= 11 is 0. The number of hydrogen-bond acceptors (Lipinski definition) is 5. The Labute approximate surface area is 116 Å². The van der Waals surface area contributed by atoms with Gasteiger partial charge >= 0.3 is 0 Å². The van der Waals surface area contributed by atoms with E-state index in [0.717, 1.165) is 18.8 Å². The summed E-state index contributed by atoms with van der Waals surface area (Å²) in [6, 6.07) is 0.594. The van der Waals surface area contributed by atoms with Crippen molar-refractivity contribution in [3.63, 3.8) is 0 Å². The lowest BCUT2D eigenvalue weighted by molar-refractivity contribution is 0.0872. The zero-order valence-electron chi connectivity index (χ0n) is 12.3. The summed E-state index contributed by atoms with van der Waals surface area (Å²) in [6.07, 6.45) is 3.25. The number of oxazole rings is 1. The molecule has 1 atom stereocenters. The molecule has 5 heteroatoms. The molecule has 0 radical (unpaired) electrons. The van der Waals surface area contributed by atoms with E-state index in [1.54, 1.807) is 6.20 Å². The van der Waals surface area contributed by atoms with Gasteiger partial charge in [-0.2, -0.15) is 0 Å². The second-order valence-electron chi connectivity index (χ2n) is 5.75. The average Bonchev–Trinajstić information content (AvgIpc) is 2.89. The SMILES string of the molecule is CC(C)C(CNCc1cnco1)N1CCN(C)CC1. The van der Waals surface area contributed by atoms with Crippen LogP contribution in [0.4, 0.5) is 0 Å². The molecular formula is C14H26N4O. The van der Waals surface area contributed by atoms with E-state index in [1.165, 1.54) is 32.6 Å². The summed E-state index contributed by atoms with van der Waals surface area (Å²) in [7, 11) is 2.20. The van der Waals surface area contributed by atoms with Gasteiger partial charge in [0.05, 0.1) is 12.7 Å². The second kappa shape index (κ2) is 7.03. The van der Waals surface area contributed by atoms with Crippen LogP contribution < -0.4 is 5.32 Å². The number of aromatic nitrogens is 1. The van der Waals surface area contributed by atoms with Crippen molar-refractivity contribution in [2.24, 2.45) is 5.92 Å². The van der Waals surface area contributed by atoms with Crippen LogP contribution in [0.1, 0.15) is 19.6 Å². The minimum atomic E-state index is 0.594. The molecule has 1 aliphatic rings. The van der Waals surface area contributed by atoms with E-state index in [1.807, 2.05) is 0 Å². The Balaban J connectivity index is 1.79. The van der Waals surface area contributed by atoms with Crippen LogP contribution in [-0.2, 0) is 6.54 Å². The maximum Gasteiger partial charge on any atom is 0.180 e. The number of rotatable bonds is 6. The van der Waals surface area contributed by atoms with Gasteiger partial charge in [0.2, 0.25) is 0 Å². The molecule has 5 nitrogen and oxygen atoms in total. The number of nitrogens with zero attached hydrogens (tertiary/aromatic N) is 3. The molecule has 1 N–H and O–H groups in total. The van der Waals surface area contributed by atoms with Crippen molar-refractivity contribution in [2.45, 2.75) is 26.4 Å². The van der Waals surface area contributed by atoms with Gasteiger partial charge in [-0.05, 0) is 13.0 Å². The van der Waals surface area contributed by atoms with Crippen molar-refractivity contribution in [1.82, 2.24) is 20.1 Å². The van der Waals surface area contributed by atoms with Crippen LogP contribution in [0.25, 0.3) is 0 Å². The molecule has 0 amide bonds. The van der Waals surface area contributed by atoms with Crippen molar-refractivity contribution in [1.29, 1.82) is 0 Å². The Kier molecular flexibility index (Phi) is 5.36. The van der Waals surface area contributed by atoms with Gasteiger partial charge in [-0.25, -0.2) is 4.98 Å². The monoisotopic (exact) mass is 266 g/mol. The fourth-order valence-electron chi connectivity index (χ4n) is 2.61. The Morgan fingerprint density at radius 2 is 2.05 bits per heavy atom. The molecule has 2 heterocycles. The number of piperazine rings is 1. The van der Waals surface area contributed by atoms with Crippen LogP contribution in [0.5, 0.6) is 0 Å². The van der Waals surface area contributed by atoms with Crippen LogP contribution in [-0.4, -0.2) is 60.6 Å². The average molecular weight is 266 g/mol. The van der Waals surface area contributed by atoms with Gasteiger partial charge < -0.3 is 14.6 Å². The first-order chi connectivity index (χ1) is 9.16. The van der Waals surface area contributed by atoms with E-state index in [0.29, 0.717) is 12.0 Å². The van der Waals surface area contributed by atoms with Crippen LogP contribution in [0.15, 0.2) is 17.0 Å². The van der Waals surface area contributed by atoms with Crippen LogP contribution in [0.2, 0.25) is 0 Å². The van der Waals surface area contributed by atoms with Crippen molar-refractivity contribution in [3.05, 3.63) is 18.4 Å².